The third-order valence-electron chi connectivity index (χ3n) is 1.67. The minimum absolute atomic E-state index is 0.279. The molecule has 0 spiro atoms. The molecule has 0 radical (unpaired) electrons. The summed E-state index contributed by atoms with van der Waals surface area (Å²) in [5, 5.41) is 20.9. The normalized spacial score (nSPS) is 8.50. The lowest BCUT2D eigenvalue weighted by atomic mass is 10.3. The SMILES string of the molecule is COc1ccc(Cl)c(NN=C(C#N)C#N)c1. The Labute approximate surface area is 97.5 Å². The van der Waals surface area contributed by atoms with Crippen LogP contribution in [0.2, 0.25) is 5.02 Å². The second-order valence-electron chi connectivity index (χ2n) is 2.64. The van der Waals surface area contributed by atoms with E-state index in [1.807, 2.05) is 0 Å². The molecule has 0 aliphatic carbocycles. The van der Waals surface area contributed by atoms with Gasteiger partial charge < -0.3 is 4.74 Å². The zero-order valence-corrected chi connectivity index (χ0v) is 9.12. The Bertz CT molecular complexity index is 483. The fraction of sp³-hybridized carbons (Fsp3) is 0.100. The van der Waals surface area contributed by atoms with E-state index in [1.54, 1.807) is 30.3 Å². The van der Waals surface area contributed by atoms with Gasteiger partial charge in [0.05, 0.1) is 17.8 Å². The van der Waals surface area contributed by atoms with E-state index in [0.717, 1.165) is 0 Å². The van der Waals surface area contributed by atoms with E-state index in [1.165, 1.54) is 7.11 Å². The molecule has 1 rings (SSSR count). The van der Waals surface area contributed by atoms with Crippen molar-refractivity contribution in [1.82, 2.24) is 0 Å². The molecule has 80 valence electrons. The molecule has 0 aromatic heterocycles. The van der Waals surface area contributed by atoms with E-state index in [4.69, 9.17) is 26.9 Å². The van der Waals surface area contributed by atoms with Crippen LogP contribution in [0.15, 0.2) is 23.3 Å². The average Bonchev–Trinajstić information content (AvgIpc) is 2.32. The van der Waals surface area contributed by atoms with Crippen LogP contribution in [0.5, 0.6) is 5.75 Å². The lowest BCUT2D eigenvalue weighted by Gasteiger charge is -2.05. The zero-order valence-electron chi connectivity index (χ0n) is 8.36. The first kappa shape index (κ1) is 11.8. The number of benzene rings is 1. The van der Waals surface area contributed by atoms with Crippen LogP contribution in [0.3, 0.4) is 0 Å². The molecule has 5 nitrogen and oxygen atoms in total. The van der Waals surface area contributed by atoms with Crippen molar-refractivity contribution in [1.29, 1.82) is 10.5 Å². The number of hydrazone groups is 1. The highest BCUT2D eigenvalue weighted by Crippen LogP contribution is 2.26. The highest BCUT2D eigenvalue weighted by molar-refractivity contribution is 6.33. The highest BCUT2D eigenvalue weighted by atomic mass is 35.5. The maximum Gasteiger partial charge on any atom is 0.237 e. The number of nitrogens with one attached hydrogen (secondary N) is 1. The first-order chi connectivity index (χ1) is 7.71. The standard InChI is InChI=1S/C10H7ClN4O/c1-16-8-2-3-9(11)10(4-8)15-14-7(5-12)6-13/h2-4,15H,1H3. The van der Waals surface area contributed by atoms with Gasteiger partial charge in [0.2, 0.25) is 5.71 Å². The smallest absolute Gasteiger partial charge is 0.237 e. The molecule has 1 aromatic carbocycles. The summed E-state index contributed by atoms with van der Waals surface area (Å²) in [5.74, 6) is 0.595. The van der Waals surface area contributed by atoms with Crippen molar-refractivity contribution in [3.63, 3.8) is 0 Å². The maximum absolute atomic E-state index is 8.47. The molecule has 0 atom stereocenters. The number of nitrogens with zero attached hydrogens (tertiary/aromatic N) is 3. The van der Waals surface area contributed by atoms with E-state index < -0.39 is 0 Å². The number of methoxy groups -OCH3 is 1. The van der Waals surface area contributed by atoms with E-state index in [9.17, 15) is 0 Å². The quantitative estimate of drug-likeness (QED) is 0.642. The van der Waals surface area contributed by atoms with Gasteiger partial charge in [-0.1, -0.05) is 11.6 Å². The first-order valence-corrected chi connectivity index (χ1v) is 4.56. The predicted molar refractivity (Wildman–Crippen MR) is 60.3 cm³/mol. The average molecular weight is 235 g/mol. The van der Waals surface area contributed by atoms with E-state index >= 15 is 0 Å². The number of halogens is 1. The van der Waals surface area contributed by atoms with Crippen LogP contribution >= 0.6 is 11.6 Å². The van der Waals surface area contributed by atoms with Gasteiger partial charge in [0, 0.05) is 6.07 Å². The number of nitriles is 2. The summed E-state index contributed by atoms with van der Waals surface area (Å²) >= 11 is 5.87. The third-order valence-corrected chi connectivity index (χ3v) is 2.00. The number of hydrogen-bond acceptors (Lipinski definition) is 5. The van der Waals surface area contributed by atoms with Crippen molar-refractivity contribution in [3.8, 4) is 17.9 Å². The summed E-state index contributed by atoms with van der Waals surface area (Å²) in [6.45, 7) is 0. The molecule has 1 aromatic rings. The predicted octanol–water partition coefficient (Wildman–Crippen LogP) is 2.16. The summed E-state index contributed by atoms with van der Waals surface area (Å²) in [6.07, 6.45) is 0. The van der Waals surface area contributed by atoms with Crippen molar-refractivity contribution in [2.45, 2.75) is 0 Å². The Morgan fingerprint density at radius 3 is 2.69 bits per heavy atom. The molecule has 0 bridgehead atoms. The third kappa shape index (κ3) is 2.88. The minimum atomic E-state index is -0.279. The van der Waals surface area contributed by atoms with Crippen LogP contribution in [-0.2, 0) is 0 Å². The van der Waals surface area contributed by atoms with E-state index in [2.05, 4.69) is 10.5 Å². The molecular formula is C10H7ClN4O. The van der Waals surface area contributed by atoms with E-state index in [0.29, 0.717) is 16.5 Å². The monoisotopic (exact) mass is 234 g/mol. The molecule has 0 aliphatic heterocycles. The fourth-order valence-corrected chi connectivity index (χ4v) is 1.07. The van der Waals surface area contributed by atoms with Crippen molar-refractivity contribution < 1.29 is 4.74 Å². The molecule has 0 fully saturated rings. The Morgan fingerprint density at radius 1 is 1.44 bits per heavy atom. The topological polar surface area (TPSA) is 81.2 Å². The maximum atomic E-state index is 8.47. The van der Waals surface area contributed by atoms with Crippen LogP contribution < -0.4 is 10.2 Å². The van der Waals surface area contributed by atoms with Crippen molar-refractivity contribution in [2.75, 3.05) is 12.5 Å². The van der Waals surface area contributed by atoms with Crippen molar-refractivity contribution in [2.24, 2.45) is 5.10 Å². The van der Waals surface area contributed by atoms with Gasteiger partial charge in [0.15, 0.2) is 0 Å². The molecule has 0 amide bonds. The summed E-state index contributed by atoms with van der Waals surface area (Å²) in [6, 6.07) is 8.16. The van der Waals surface area contributed by atoms with Gasteiger partial charge in [0.25, 0.3) is 0 Å². The van der Waals surface area contributed by atoms with Crippen LogP contribution in [-0.4, -0.2) is 12.8 Å². The molecule has 6 heteroatoms. The zero-order chi connectivity index (χ0) is 12.0. The number of hydrogen-bond donors (Lipinski definition) is 1. The minimum Gasteiger partial charge on any atom is -0.497 e. The van der Waals surface area contributed by atoms with Gasteiger partial charge in [0.1, 0.15) is 17.9 Å². The number of anilines is 1. The van der Waals surface area contributed by atoms with Crippen molar-refractivity contribution >= 4 is 23.0 Å². The summed E-state index contributed by atoms with van der Waals surface area (Å²) in [5.41, 5.74) is 2.70. The Balaban J connectivity index is 2.94. The Kier molecular flexibility index (Phi) is 4.14. The molecule has 0 saturated heterocycles. The largest absolute Gasteiger partial charge is 0.497 e. The lowest BCUT2D eigenvalue weighted by Crippen LogP contribution is -1.97. The van der Waals surface area contributed by atoms with Gasteiger partial charge in [-0.25, -0.2) is 0 Å². The summed E-state index contributed by atoms with van der Waals surface area (Å²) < 4.78 is 4.99. The Morgan fingerprint density at radius 2 is 2.12 bits per heavy atom. The van der Waals surface area contributed by atoms with Gasteiger partial charge in [-0.2, -0.15) is 15.6 Å². The van der Waals surface area contributed by atoms with Crippen LogP contribution in [0.4, 0.5) is 5.69 Å². The molecule has 0 unspecified atom stereocenters. The van der Waals surface area contributed by atoms with Crippen LogP contribution in [0.1, 0.15) is 0 Å². The van der Waals surface area contributed by atoms with Crippen LogP contribution in [0.25, 0.3) is 0 Å². The first-order valence-electron chi connectivity index (χ1n) is 4.18. The molecular weight excluding hydrogens is 228 g/mol. The van der Waals surface area contributed by atoms with Gasteiger partial charge in [-0.05, 0) is 12.1 Å². The molecule has 0 aliphatic rings. The van der Waals surface area contributed by atoms with Gasteiger partial charge >= 0.3 is 0 Å². The lowest BCUT2D eigenvalue weighted by molar-refractivity contribution is 0.415. The van der Waals surface area contributed by atoms with Gasteiger partial charge in [-0.3, -0.25) is 5.43 Å². The fourth-order valence-electron chi connectivity index (χ4n) is 0.908. The van der Waals surface area contributed by atoms with E-state index in [-0.39, 0.29) is 5.71 Å². The molecule has 0 heterocycles. The highest BCUT2D eigenvalue weighted by Gasteiger charge is 2.02. The summed E-state index contributed by atoms with van der Waals surface area (Å²) in [4.78, 5) is 0. The second kappa shape index (κ2) is 5.59. The Hall–Kier alpha value is -2.24. The number of ether oxygens (including phenoxy) is 1. The molecule has 0 saturated carbocycles. The number of rotatable bonds is 3. The molecule has 16 heavy (non-hydrogen) atoms. The molecule has 1 N–H and O–H groups in total. The second-order valence-corrected chi connectivity index (χ2v) is 3.05. The van der Waals surface area contributed by atoms with Crippen molar-refractivity contribution in [3.05, 3.63) is 23.2 Å². The van der Waals surface area contributed by atoms with Gasteiger partial charge in [-0.15, -0.1) is 0 Å². The van der Waals surface area contributed by atoms with Crippen LogP contribution in [0, 0.1) is 22.7 Å². The summed E-state index contributed by atoms with van der Waals surface area (Å²) in [7, 11) is 1.52.